The van der Waals surface area contributed by atoms with Crippen molar-refractivity contribution in [1.82, 2.24) is 9.88 Å². The van der Waals surface area contributed by atoms with E-state index in [1.807, 2.05) is 0 Å². The van der Waals surface area contributed by atoms with E-state index in [0.717, 1.165) is 32.7 Å². The Labute approximate surface area is 136 Å². The number of nitrogens with one attached hydrogen (secondary N) is 2. The summed E-state index contributed by atoms with van der Waals surface area (Å²) in [4.78, 5) is 6.71. The molecule has 1 unspecified atom stereocenters. The van der Waals surface area contributed by atoms with Crippen LogP contribution in [-0.2, 0) is 4.74 Å². The summed E-state index contributed by atoms with van der Waals surface area (Å²) in [7, 11) is 2.09. The van der Waals surface area contributed by atoms with Crippen LogP contribution in [0.3, 0.4) is 0 Å². The first kappa shape index (κ1) is 16.6. The quantitative estimate of drug-likeness (QED) is 0.838. The van der Waals surface area contributed by atoms with Crippen LogP contribution in [0.15, 0.2) is 6.07 Å². The van der Waals surface area contributed by atoms with Gasteiger partial charge in [-0.3, -0.25) is 0 Å². The molecule has 5 nitrogen and oxygen atoms in total. The van der Waals surface area contributed by atoms with E-state index in [-0.39, 0.29) is 6.10 Å². The van der Waals surface area contributed by atoms with Gasteiger partial charge in [-0.2, -0.15) is 0 Å². The molecular formula is C14H22Cl2N4O. The fourth-order valence-corrected chi connectivity index (χ4v) is 2.65. The van der Waals surface area contributed by atoms with Crippen molar-refractivity contribution in [2.24, 2.45) is 0 Å². The molecule has 7 heteroatoms. The van der Waals surface area contributed by atoms with Crippen LogP contribution in [-0.4, -0.2) is 55.8 Å². The van der Waals surface area contributed by atoms with Gasteiger partial charge in [-0.25, -0.2) is 4.98 Å². The summed E-state index contributed by atoms with van der Waals surface area (Å²) in [6, 6.07) is 1.71. The number of rotatable bonds is 6. The average molecular weight is 333 g/mol. The second kappa shape index (κ2) is 8.03. The highest BCUT2D eigenvalue weighted by Gasteiger charge is 2.18. The Bertz CT molecular complexity index is 473. The van der Waals surface area contributed by atoms with E-state index in [0.29, 0.717) is 28.2 Å². The lowest BCUT2D eigenvalue weighted by Gasteiger charge is -2.30. The molecule has 1 aliphatic rings. The molecule has 1 fully saturated rings. The van der Waals surface area contributed by atoms with Crippen molar-refractivity contribution in [3.05, 3.63) is 16.1 Å². The third-order valence-corrected chi connectivity index (χ3v) is 3.89. The Hall–Kier alpha value is -0.750. The summed E-state index contributed by atoms with van der Waals surface area (Å²) >= 11 is 12.3. The van der Waals surface area contributed by atoms with Gasteiger partial charge in [0.2, 0.25) is 0 Å². The molecule has 1 aromatic rings. The number of pyridine rings is 1. The van der Waals surface area contributed by atoms with Crippen molar-refractivity contribution in [2.75, 3.05) is 50.5 Å². The van der Waals surface area contributed by atoms with Gasteiger partial charge in [0.1, 0.15) is 11.6 Å². The molecule has 1 saturated heterocycles. The Kier molecular flexibility index (Phi) is 6.36. The molecule has 2 rings (SSSR count). The SMILES string of the molecule is CCCNc1nc(NCC2CN(C)CCO2)c(Cl)cc1Cl. The zero-order valence-corrected chi connectivity index (χ0v) is 14.0. The first-order valence-corrected chi connectivity index (χ1v) is 7.99. The monoisotopic (exact) mass is 332 g/mol. The number of anilines is 2. The summed E-state index contributed by atoms with van der Waals surface area (Å²) in [5.74, 6) is 1.29. The summed E-state index contributed by atoms with van der Waals surface area (Å²) in [5.41, 5.74) is 0. The van der Waals surface area contributed by atoms with Gasteiger partial charge in [0, 0.05) is 26.2 Å². The summed E-state index contributed by atoms with van der Waals surface area (Å²) in [6.45, 7) is 6.22. The third kappa shape index (κ3) is 4.88. The molecular weight excluding hydrogens is 311 g/mol. The summed E-state index contributed by atoms with van der Waals surface area (Å²) < 4.78 is 5.71. The van der Waals surface area contributed by atoms with Crippen LogP contribution in [0, 0.1) is 0 Å². The molecule has 118 valence electrons. The Morgan fingerprint density at radius 1 is 1.33 bits per heavy atom. The van der Waals surface area contributed by atoms with Crippen molar-refractivity contribution >= 4 is 34.8 Å². The van der Waals surface area contributed by atoms with Crippen LogP contribution < -0.4 is 10.6 Å². The second-order valence-electron chi connectivity index (χ2n) is 5.21. The Morgan fingerprint density at radius 3 is 2.71 bits per heavy atom. The normalized spacial score (nSPS) is 19.5. The van der Waals surface area contributed by atoms with Crippen LogP contribution in [0.2, 0.25) is 10.0 Å². The molecule has 0 amide bonds. The van der Waals surface area contributed by atoms with Gasteiger partial charge < -0.3 is 20.3 Å². The fourth-order valence-electron chi connectivity index (χ4n) is 2.16. The summed E-state index contributed by atoms with van der Waals surface area (Å²) in [5, 5.41) is 7.50. The third-order valence-electron chi connectivity index (χ3n) is 3.31. The fraction of sp³-hybridized carbons (Fsp3) is 0.643. The van der Waals surface area contributed by atoms with E-state index in [1.165, 1.54) is 0 Å². The molecule has 1 atom stereocenters. The lowest BCUT2D eigenvalue weighted by Crippen LogP contribution is -2.43. The van der Waals surface area contributed by atoms with Crippen molar-refractivity contribution < 1.29 is 4.74 Å². The minimum Gasteiger partial charge on any atom is -0.374 e. The van der Waals surface area contributed by atoms with Gasteiger partial charge in [0.25, 0.3) is 0 Å². The predicted molar refractivity (Wildman–Crippen MR) is 88.8 cm³/mol. The number of hydrogen-bond donors (Lipinski definition) is 2. The molecule has 0 saturated carbocycles. The zero-order chi connectivity index (χ0) is 15.2. The van der Waals surface area contributed by atoms with E-state index in [1.54, 1.807) is 6.07 Å². The topological polar surface area (TPSA) is 49.4 Å². The molecule has 0 radical (unpaired) electrons. The highest BCUT2D eigenvalue weighted by Crippen LogP contribution is 2.29. The largest absolute Gasteiger partial charge is 0.374 e. The minimum atomic E-state index is 0.143. The van der Waals surface area contributed by atoms with E-state index in [9.17, 15) is 0 Å². The highest BCUT2D eigenvalue weighted by molar-refractivity contribution is 6.37. The number of morpholine rings is 1. The maximum Gasteiger partial charge on any atom is 0.147 e. The maximum atomic E-state index is 6.19. The van der Waals surface area contributed by atoms with Crippen molar-refractivity contribution in [2.45, 2.75) is 19.4 Å². The number of likely N-dealkylation sites (N-methyl/N-ethyl adjacent to an activating group) is 1. The first-order valence-electron chi connectivity index (χ1n) is 7.24. The van der Waals surface area contributed by atoms with Crippen molar-refractivity contribution in [3.8, 4) is 0 Å². The van der Waals surface area contributed by atoms with Gasteiger partial charge >= 0.3 is 0 Å². The molecule has 2 heterocycles. The molecule has 1 aromatic heterocycles. The van der Waals surface area contributed by atoms with E-state index in [2.05, 4.69) is 34.5 Å². The number of halogens is 2. The zero-order valence-electron chi connectivity index (χ0n) is 12.5. The van der Waals surface area contributed by atoms with Crippen LogP contribution in [0.25, 0.3) is 0 Å². The Balaban J connectivity index is 1.98. The smallest absolute Gasteiger partial charge is 0.147 e. The lowest BCUT2D eigenvalue weighted by atomic mass is 10.3. The van der Waals surface area contributed by atoms with E-state index < -0.39 is 0 Å². The maximum absolute atomic E-state index is 6.19. The molecule has 21 heavy (non-hydrogen) atoms. The van der Waals surface area contributed by atoms with Gasteiger partial charge in [-0.15, -0.1) is 0 Å². The first-order chi connectivity index (χ1) is 10.1. The molecule has 2 N–H and O–H groups in total. The standard InChI is InChI=1S/C14H22Cl2N4O/c1-3-4-17-13-11(15)7-12(16)14(19-13)18-8-10-9-20(2)5-6-21-10/h7,10H,3-6,8-9H2,1-2H3,(H2,17,18,19). The van der Waals surface area contributed by atoms with Crippen molar-refractivity contribution in [3.63, 3.8) is 0 Å². The molecule has 0 bridgehead atoms. The molecule has 0 aromatic carbocycles. The van der Waals surface area contributed by atoms with Crippen molar-refractivity contribution in [1.29, 1.82) is 0 Å². The van der Waals surface area contributed by atoms with Gasteiger partial charge in [-0.05, 0) is 19.5 Å². The van der Waals surface area contributed by atoms with Gasteiger partial charge in [0.05, 0.1) is 22.8 Å². The lowest BCUT2D eigenvalue weighted by molar-refractivity contribution is -0.0117. The number of hydrogen-bond acceptors (Lipinski definition) is 5. The van der Waals surface area contributed by atoms with Crippen LogP contribution in [0.4, 0.5) is 11.6 Å². The minimum absolute atomic E-state index is 0.143. The molecule has 1 aliphatic heterocycles. The van der Waals surface area contributed by atoms with Gasteiger partial charge in [-0.1, -0.05) is 30.1 Å². The van der Waals surface area contributed by atoms with Gasteiger partial charge in [0.15, 0.2) is 0 Å². The number of aromatic nitrogens is 1. The van der Waals surface area contributed by atoms with Crippen LogP contribution in [0.1, 0.15) is 13.3 Å². The molecule has 0 aliphatic carbocycles. The summed E-state index contributed by atoms with van der Waals surface area (Å²) in [6.07, 6.45) is 1.15. The van der Waals surface area contributed by atoms with Crippen LogP contribution in [0.5, 0.6) is 0 Å². The Morgan fingerprint density at radius 2 is 2.05 bits per heavy atom. The van der Waals surface area contributed by atoms with E-state index >= 15 is 0 Å². The molecule has 0 spiro atoms. The average Bonchev–Trinajstić information content (AvgIpc) is 2.45. The number of ether oxygens (including phenoxy) is 1. The second-order valence-corrected chi connectivity index (χ2v) is 6.03. The van der Waals surface area contributed by atoms with Crippen LogP contribution >= 0.6 is 23.2 Å². The number of nitrogens with zero attached hydrogens (tertiary/aromatic N) is 2. The highest BCUT2D eigenvalue weighted by atomic mass is 35.5. The van der Waals surface area contributed by atoms with E-state index in [4.69, 9.17) is 27.9 Å². The predicted octanol–water partition coefficient (Wildman–Crippen LogP) is 2.95.